The molecule has 30 heavy (non-hydrogen) atoms. The minimum Gasteiger partial charge on any atom is -0.321 e. The molecule has 1 atom stereocenters. The molecule has 2 aromatic carbocycles. The number of thiophene rings is 1. The fourth-order valence-corrected chi connectivity index (χ4v) is 4.62. The summed E-state index contributed by atoms with van der Waals surface area (Å²) >= 11 is 3.70. The van der Waals surface area contributed by atoms with Crippen LogP contribution in [0.15, 0.2) is 66.0 Å². The SMILES string of the molecule is Cc1cccc(C(=O)N(Cc2cccs2)C2CC(=O)N(c3ccc(I)cc3)C2=O)c1. The van der Waals surface area contributed by atoms with Crippen molar-refractivity contribution in [3.05, 3.63) is 85.6 Å². The Morgan fingerprint density at radius 2 is 1.90 bits per heavy atom. The molecule has 1 aromatic heterocycles. The number of benzene rings is 2. The Hall–Kier alpha value is -2.52. The van der Waals surface area contributed by atoms with Gasteiger partial charge in [0.25, 0.3) is 11.8 Å². The van der Waals surface area contributed by atoms with Gasteiger partial charge in [-0.25, -0.2) is 4.90 Å². The van der Waals surface area contributed by atoms with Crippen molar-refractivity contribution in [2.24, 2.45) is 0 Å². The Kier molecular flexibility index (Phi) is 6.01. The zero-order chi connectivity index (χ0) is 21.3. The van der Waals surface area contributed by atoms with Crippen LogP contribution in [0.5, 0.6) is 0 Å². The van der Waals surface area contributed by atoms with E-state index < -0.39 is 6.04 Å². The highest BCUT2D eigenvalue weighted by Crippen LogP contribution is 2.29. The highest BCUT2D eigenvalue weighted by Gasteiger charge is 2.44. The maximum atomic E-state index is 13.4. The number of amides is 3. The number of nitrogens with zero attached hydrogens (tertiary/aromatic N) is 2. The largest absolute Gasteiger partial charge is 0.321 e. The number of anilines is 1. The second-order valence-corrected chi connectivity index (χ2v) is 9.42. The molecule has 0 N–H and O–H groups in total. The lowest BCUT2D eigenvalue weighted by Crippen LogP contribution is -2.45. The summed E-state index contributed by atoms with van der Waals surface area (Å²) in [5.74, 6) is -0.902. The minimum atomic E-state index is -0.827. The fourth-order valence-electron chi connectivity index (χ4n) is 3.56. The van der Waals surface area contributed by atoms with Crippen molar-refractivity contribution in [1.29, 1.82) is 0 Å². The topological polar surface area (TPSA) is 57.7 Å². The maximum absolute atomic E-state index is 13.4. The molecule has 0 aliphatic carbocycles. The van der Waals surface area contributed by atoms with E-state index in [0.717, 1.165) is 14.0 Å². The summed E-state index contributed by atoms with van der Waals surface area (Å²) in [7, 11) is 0. The fraction of sp³-hybridized carbons (Fsp3) is 0.174. The standard InChI is InChI=1S/C23H19IN2O3S/c1-15-4-2-5-16(12-15)22(28)25(14-19-6-3-11-30-19)20-13-21(27)26(23(20)29)18-9-7-17(24)8-10-18/h2-12,20H,13-14H2,1H3. The van der Waals surface area contributed by atoms with Crippen LogP contribution in [0, 0.1) is 10.5 Å². The van der Waals surface area contributed by atoms with Crippen molar-refractivity contribution in [3.8, 4) is 0 Å². The second-order valence-electron chi connectivity index (χ2n) is 7.15. The summed E-state index contributed by atoms with van der Waals surface area (Å²) < 4.78 is 1.01. The Balaban J connectivity index is 1.68. The molecule has 3 amide bonds. The van der Waals surface area contributed by atoms with E-state index in [1.54, 1.807) is 18.2 Å². The van der Waals surface area contributed by atoms with Crippen molar-refractivity contribution in [2.75, 3.05) is 4.90 Å². The normalized spacial score (nSPS) is 16.2. The molecule has 1 aliphatic rings. The molecule has 1 aliphatic heterocycles. The molecule has 5 nitrogen and oxygen atoms in total. The molecular weight excluding hydrogens is 511 g/mol. The van der Waals surface area contributed by atoms with Gasteiger partial charge in [0.2, 0.25) is 5.91 Å². The lowest BCUT2D eigenvalue weighted by Gasteiger charge is -2.27. The molecule has 1 saturated heterocycles. The van der Waals surface area contributed by atoms with Gasteiger partial charge in [-0.15, -0.1) is 11.3 Å². The quantitative estimate of drug-likeness (QED) is 0.357. The summed E-state index contributed by atoms with van der Waals surface area (Å²) in [5, 5.41) is 1.93. The van der Waals surface area contributed by atoms with E-state index in [9.17, 15) is 14.4 Å². The first-order valence-electron chi connectivity index (χ1n) is 9.46. The highest BCUT2D eigenvalue weighted by atomic mass is 127. The molecule has 0 saturated carbocycles. The molecule has 1 unspecified atom stereocenters. The molecule has 0 radical (unpaired) electrons. The van der Waals surface area contributed by atoms with Gasteiger partial charge in [-0.2, -0.15) is 0 Å². The average Bonchev–Trinajstić information content (AvgIpc) is 3.34. The number of imide groups is 1. The molecule has 7 heteroatoms. The predicted octanol–water partition coefficient (Wildman–Crippen LogP) is 4.64. The smallest absolute Gasteiger partial charge is 0.257 e. The summed E-state index contributed by atoms with van der Waals surface area (Å²) in [4.78, 5) is 43.2. The van der Waals surface area contributed by atoms with Crippen LogP contribution in [-0.4, -0.2) is 28.7 Å². The Morgan fingerprint density at radius 3 is 2.57 bits per heavy atom. The number of aryl methyl sites for hydroxylation is 1. The summed E-state index contributed by atoms with van der Waals surface area (Å²) in [5.41, 5.74) is 2.01. The zero-order valence-corrected chi connectivity index (χ0v) is 19.2. The molecule has 0 spiro atoms. The van der Waals surface area contributed by atoms with Crippen molar-refractivity contribution in [1.82, 2.24) is 4.90 Å². The van der Waals surface area contributed by atoms with Gasteiger partial charge in [0.05, 0.1) is 18.7 Å². The number of hydrogen-bond donors (Lipinski definition) is 0. The van der Waals surface area contributed by atoms with Crippen molar-refractivity contribution >= 4 is 57.3 Å². The van der Waals surface area contributed by atoms with Gasteiger partial charge in [0.15, 0.2) is 0 Å². The third-order valence-corrected chi connectivity index (χ3v) is 6.60. The second kappa shape index (κ2) is 8.69. The van der Waals surface area contributed by atoms with Crippen molar-refractivity contribution in [2.45, 2.75) is 25.9 Å². The molecule has 0 bridgehead atoms. The van der Waals surface area contributed by atoms with Crippen LogP contribution < -0.4 is 4.90 Å². The van der Waals surface area contributed by atoms with Crippen LogP contribution in [0.25, 0.3) is 0 Å². The third-order valence-electron chi connectivity index (χ3n) is 5.02. The predicted molar refractivity (Wildman–Crippen MR) is 125 cm³/mol. The van der Waals surface area contributed by atoms with Gasteiger partial charge in [-0.3, -0.25) is 14.4 Å². The van der Waals surface area contributed by atoms with Crippen LogP contribution in [0.4, 0.5) is 5.69 Å². The highest BCUT2D eigenvalue weighted by molar-refractivity contribution is 14.1. The summed E-state index contributed by atoms with van der Waals surface area (Å²) in [6, 6.07) is 17.5. The number of carbonyl (C=O) groups is 3. The molecule has 3 aromatic rings. The van der Waals surface area contributed by atoms with E-state index in [-0.39, 0.29) is 30.7 Å². The van der Waals surface area contributed by atoms with E-state index in [0.29, 0.717) is 11.3 Å². The van der Waals surface area contributed by atoms with Crippen LogP contribution >= 0.6 is 33.9 Å². The van der Waals surface area contributed by atoms with Crippen molar-refractivity contribution < 1.29 is 14.4 Å². The van der Waals surface area contributed by atoms with Gasteiger partial charge < -0.3 is 4.90 Å². The summed E-state index contributed by atoms with van der Waals surface area (Å²) in [6.07, 6.45) is -0.0201. The Bertz CT molecular complexity index is 1100. The molecule has 1 fully saturated rings. The van der Waals surface area contributed by atoms with E-state index in [1.807, 2.05) is 54.8 Å². The number of rotatable bonds is 5. The Morgan fingerprint density at radius 1 is 1.13 bits per heavy atom. The van der Waals surface area contributed by atoms with E-state index in [2.05, 4.69) is 22.6 Å². The monoisotopic (exact) mass is 530 g/mol. The lowest BCUT2D eigenvalue weighted by atomic mass is 10.1. The molecular formula is C23H19IN2O3S. The third kappa shape index (κ3) is 4.17. The average molecular weight is 530 g/mol. The molecule has 2 heterocycles. The van der Waals surface area contributed by atoms with Crippen LogP contribution in [0.1, 0.15) is 27.2 Å². The van der Waals surface area contributed by atoms with E-state index in [4.69, 9.17) is 0 Å². The first kappa shape index (κ1) is 20.7. The van der Waals surface area contributed by atoms with E-state index in [1.165, 1.54) is 21.1 Å². The molecule has 4 rings (SSSR count). The van der Waals surface area contributed by atoms with Crippen LogP contribution in [0.2, 0.25) is 0 Å². The zero-order valence-electron chi connectivity index (χ0n) is 16.2. The first-order chi connectivity index (χ1) is 14.4. The van der Waals surface area contributed by atoms with Crippen molar-refractivity contribution in [3.63, 3.8) is 0 Å². The lowest BCUT2D eigenvalue weighted by molar-refractivity contribution is -0.122. The van der Waals surface area contributed by atoms with Gasteiger partial charge in [0.1, 0.15) is 6.04 Å². The van der Waals surface area contributed by atoms with Crippen LogP contribution in [-0.2, 0) is 16.1 Å². The van der Waals surface area contributed by atoms with Crippen LogP contribution in [0.3, 0.4) is 0 Å². The van der Waals surface area contributed by atoms with Gasteiger partial charge in [-0.05, 0) is 77.4 Å². The Labute approximate surface area is 192 Å². The summed E-state index contributed by atoms with van der Waals surface area (Å²) in [6.45, 7) is 2.21. The minimum absolute atomic E-state index is 0.0201. The van der Waals surface area contributed by atoms with E-state index >= 15 is 0 Å². The number of carbonyl (C=O) groups excluding carboxylic acids is 3. The molecule has 152 valence electrons. The number of hydrogen-bond acceptors (Lipinski definition) is 4. The number of halogens is 1. The maximum Gasteiger partial charge on any atom is 0.257 e. The van der Waals surface area contributed by atoms with Gasteiger partial charge in [-0.1, -0.05) is 23.8 Å². The van der Waals surface area contributed by atoms with Gasteiger partial charge in [0, 0.05) is 14.0 Å². The van der Waals surface area contributed by atoms with Gasteiger partial charge >= 0.3 is 0 Å². The first-order valence-corrected chi connectivity index (χ1v) is 11.4.